The molecule has 2 aromatic carbocycles. The zero-order valence-corrected chi connectivity index (χ0v) is 19.9. The Labute approximate surface area is 200 Å². The molecule has 0 radical (unpaired) electrons. The summed E-state index contributed by atoms with van der Waals surface area (Å²) in [4.78, 5) is 15.3. The molecule has 0 aromatic heterocycles. The Bertz CT molecular complexity index is 986. The van der Waals surface area contributed by atoms with Gasteiger partial charge in [-0.2, -0.15) is 0 Å². The lowest BCUT2D eigenvalue weighted by Crippen LogP contribution is -2.50. The lowest BCUT2D eigenvalue weighted by atomic mass is 9.97. The molecule has 2 saturated heterocycles. The average Bonchev–Trinajstić information content (AvgIpc) is 3.21. The number of fused-ring (bicyclic) bond motifs is 1. The van der Waals surface area contributed by atoms with E-state index >= 15 is 0 Å². The fourth-order valence-corrected chi connectivity index (χ4v) is 4.94. The fraction of sp³-hybridized carbons (Fsp3) is 0.480. The summed E-state index contributed by atoms with van der Waals surface area (Å²) >= 11 is 6.13. The van der Waals surface area contributed by atoms with E-state index in [0.29, 0.717) is 53.7 Å². The number of nitrogens with one attached hydrogen (secondary N) is 1. The van der Waals surface area contributed by atoms with Crippen molar-refractivity contribution < 1.29 is 19.0 Å². The third-order valence-corrected chi connectivity index (χ3v) is 6.70. The SMILES string of the molecule is CCOc1cc(N)c(Cl)cc1C(=O)NC[C@H]1CN2C[C@@H](Cc3cccc(OC)c3)C[C@@H]2CO1. The third-order valence-electron chi connectivity index (χ3n) is 6.37. The molecule has 2 heterocycles. The summed E-state index contributed by atoms with van der Waals surface area (Å²) < 4.78 is 17.0. The molecule has 2 fully saturated rings. The van der Waals surface area contributed by atoms with Gasteiger partial charge >= 0.3 is 0 Å². The van der Waals surface area contributed by atoms with E-state index in [4.69, 9.17) is 31.5 Å². The summed E-state index contributed by atoms with van der Waals surface area (Å²) in [6.07, 6.45) is 2.10. The second-order valence-corrected chi connectivity index (χ2v) is 9.14. The van der Waals surface area contributed by atoms with Crippen molar-refractivity contribution in [3.05, 3.63) is 52.5 Å². The van der Waals surface area contributed by atoms with Gasteiger partial charge in [-0.25, -0.2) is 0 Å². The molecule has 1 amide bonds. The predicted molar refractivity (Wildman–Crippen MR) is 129 cm³/mol. The maximum absolute atomic E-state index is 12.8. The highest BCUT2D eigenvalue weighted by Crippen LogP contribution is 2.31. The van der Waals surface area contributed by atoms with E-state index in [1.165, 1.54) is 5.56 Å². The molecular weight excluding hydrogens is 442 g/mol. The highest BCUT2D eigenvalue weighted by atomic mass is 35.5. The van der Waals surface area contributed by atoms with Crippen molar-refractivity contribution in [2.75, 3.05) is 45.7 Å². The molecule has 2 aromatic rings. The largest absolute Gasteiger partial charge is 0.497 e. The lowest BCUT2D eigenvalue weighted by Gasteiger charge is -2.35. The van der Waals surface area contributed by atoms with Crippen LogP contribution in [0, 0.1) is 5.92 Å². The number of nitrogen functional groups attached to an aromatic ring is 1. The van der Waals surface area contributed by atoms with E-state index in [2.05, 4.69) is 22.3 Å². The van der Waals surface area contributed by atoms with Gasteiger partial charge in [0.2, 0.25) is 0 Å². The van der Waals surface area contributed by atoms with Gasteiger partial charge in [-0.05, 0) is 49.4 Å². The van der Waals surface area contributed by atoms with Gasteiger partial charge in [0.15, 0.2) is 0 Å². The van der Waals surface area contributed by atoms with E-state index in [-0.39, 0.29) is 12.0 Å². The second-order valence-electron chi connectivity index (χ2n) is 8.73. The van der Waals surface area contributed by atoms with E-state index in [1.54, 1.807) is 19.2 Å². The van der Waals surface area contributed by atoms with Crippen LogP contribution >= 0.6 is 11.6 Å². The van der Waals surface area contributed by atoms with Gasteiger partial charge in [0.05, 0.1) is 42.7 Å². The Morgan fingerprint density at radius 2 is 2.15 bits per heavy atom. The molecule has 7 nitrogen and oxygen atoms in total. The van der Waals surface area contributed by atoms with Gasteiger partial charge < -0.3 is 25.3 Å². The third kappa shape index (κ3) is 5.72. The minimum Gasteiger partial charge on any atom is -0.497 e. The molecule has 0 bridgehead atoms. The summed E-state index contributed by atoms with van der Waals surface area (Å²) in [7, 11) is 1.70. The maximum Gasteiger partial charge on any atom is 0.255 e. The topological polar surface area (TPSA) is 86.0 Å². The molecule has 0 saturated carbocycles. The van der Waals surface area contributed by atoms with Crippen LogP contribution in [0.4, 0.5) is 5.69 Å². The van der Waals surface area contributed by atoms with Crippen LogP contribution in [0.2, 0.25) is 5.02 Å². The quantitative estimate of drug-likeness (QED) is 0.571. The number of carbonyl (C=O) groups is 1. The maximum atomic E-state index is 12.8. The first-order valence-corrected chi connectivity index (χ1v) is 11.8. The number of nitrogens with two attached hydrogens (primary N) is 1. The highest BCUT2D eigenvalue weighted by molar-refractivity contribution is 6.33. The first-order chi connectivity index (χ1) is 16.0. The Balaban J connectivity index is 1.30. The van der Waals surface area contributed by atoms with E-state index in [1.807, 2.05) is 19.1 Å². The van der Waals surface area contributed by atoms with Crippen molar-refractivity contribution in [3.63, 3.8) is 0 Å². The molecule has 0 unspecified atom stereocenters. The minimum atomic E-state index is -0.247. The van der Waals surface area contributed by atoms with E-state index in [9.17, 15) is 4.79 Å². The molecular formula is C25H32ClN3O4. The number of anilines is 1. The molecule has 2 aliphatic heterocycles. The molecule has 2 aliphatic rings. The normalized spacial score (nSPS) is 22.6. The van der Waals surface area contributed by atoms with Gasteiger partial charge in [0.25, 0.3) is 5.91 Å². The number of ether oxygens (including phenoxy) is 3. The van der Waals surface area contributed by atoms with Crippen LogP contribution in [-0.2, 0) is 11.2 Å². The van der Waals surface area contributed by atoms with Crippen molar-refractivity contribution in [1.82, 2.24) is 10.2 Å². The molecule has 33 heavy (non-hydrogen) atoms. The van der Waals surface area contributed by atoms with Gasteiger partial charge in [0.1, 0.15) is 11.5 Å². The molecule has 8 heteroatoms. The van der Waals surface area contributed by atoms with Crippen LogP contribution in [0.25, 0.3) is 0 Å². The number of hydrogen-bond donors (Lipinski definition) is 2. The number of nitrogens with zero attached hydrogens (tertiary/aromatic N) is 1. The molecule has 0 spiro atoms. The van der Waals surface area contributed by atoms with Crippen LogP contribution in [0.3, 0.4) is 0 Å². The number of carbonyl (C=O) groups excluding carboxylic acids is 1. The summed E-state index contributed by atoms with van der Waals surface area (Å²) in [5.74, 6) is 1.67. The van der Waals surface area contributed by atoms with Gasteiger partial charge in [-0.3, -0.25) is 9.69 Å². The second kappa shape index (κ2) is 10.6. The van der Waals surface area contributed by atoms with Gasteiger partial charge in [0, 0.05) is 31.7 Å². The van der Waals surface area contributed by atoms with Crippen molar-refractivity contribution in [3.8, 4) is 11.5 Å². The number of benzene rings is 2. The fourth-order valence-electron chi connectivity index (χ4n) is 4.77. The number of halogens is 1. The summed E-state index contributed by atoms with van der Waals surface area (Å²) in [6.45, 7) is 5.25. The zero-order chi connectivity index (χ0) is 23.4. The summed E-state index contributed by atoms with van der Waals surface area (Å²) in [6, 6.07) is 11.9. The van der Waals surface area contributed by atoms with E-state index < -0.39 is 0 Å². The van der Waals surface area contributed by atoms with Crippen molar-refractivity contribution >= 4 is 23.2 Å². The monoisotopic (exact) mass is 473 g/mol. The van der Waals surface area contributed by atoms with Crippen LogP contribution in [0.1, 0.15) is 29.3 Å². The van der Waals surface area contributed by atoms with E-state index in [0.717, 1.165) is 31.7 Å². The first kappa shape index (κ1) is 23.7. The van der Waals surface area contributed by atoms with Crippen LogP contribution in [0.15, 0.2) is 36.4 Å². The summed E-state index contributed by atoms with van der Waals surface area (Å²) in [5.41, 5.74) is 7.93. The zero-order valence-electron chi connectivity index (χ0n) is 19.2. The van der Waals surface area contributed by atoms with Crippen molar-refractivity contribution in [2.24, 2.45) is 5.92 Å². The average molecular weight is 474 g/mol. The van der Waals surface area contributed by atoms with Crippen molar-refractivity contribution in [1.29, 1.82) is 0 Å². The number of rotatable bonds is 8. The Morgan fingerprint density at radius 3 is 2.94 bits per heavy atom. The van der Waals surface area contributed by atoms with Crippen molar-refractivity contribution in [2.45, 2.75) is 31.9 Å². The Kier molecular flexibility index (Phi) is 7.63. The molecule has 3 N–H and O–H groups in total. The standard InChI is InChI=1S/C25H32ClN3O4/c1-3-32-24-11-23(27)22(26)10-21(24)25(30)28-12-20-14-29-13-17(8-18(29)15-33-20)7-16-5-4-6-19(9-16)31-2/h4-6,9-11,17-18,20H,3,7-8,12-15,27H2,1-2H3,(H,28,30)/t17-,18+,20-/m0/s1. The first-order valence-electron chi connectivity index (χ1n) is 11.5. The molecule has 178 valence electrons. The van der Waals surface area contributed by atoms with Gasteiger partial charge in [-0.1, -0.05) is 23.7 Å². The molecule has 3 atom stereocenters. The Hall–Kier alpha value is -2.48. The number of hydrogen-bond acceptors (Lipinski definition) is 6. The van der Waals surface area contributed by atoms with Gasteiger partial charge in [-0.15, -0.1) is 0 Å². The number of amides is 1. The van der Waals surface area contributed by atoms with Crippen LogP contribution in [-0.4, -0.2) is 62.9 Å². The lowest BCUT2D eigenvalue weighted by molar-refractivity contribution is -0.0462. The molecule has 4 rings (SSSR count). The summed E-state index contributed by atoms with van der Waals surface area (Å²) in [5, 5.41) is 3.31. The number of morpholine rings is 1. The predicted octanol–water partition coefficient (Wildman–Crippen LogP) is 3.39. The Morgan fingerprint density at radius 1 is 1.30 bits per heavy atom. The number of methoxy groups -OCH3 is 1. The highest BCUT2D eigenvalue weighted by Gasteiger charge is 2.37. The smallest absolute Gasteiger partial charge is 0.255 e. The van der Waals surface area contributed by atoms with Crippen LogP contribution < -0.4 is 20.5 Å². The van der Waals surface area contributed by atoms with Crippen LogP contribution in [0.5, 0.6) is 11.5 Å². The molecule has 0 aliphatic carbocycles. The minimum absolute atomic E-state index is 0.0550.